The average molecular weight is 289 g/mol. The minimum atomic E-state index is -0.179. The molecule has 0 aliphatic rings. The zero-order chi connectivity index (χ0) is 13.5. The van der Waals surface area contributed by atoms with Gasteiger partial charge < -0.3 is 10.6 Å². The van der Waals surface area contributed by atoms with Crippen molar-refractivity contribution in [2.75, 3.05) is 6.54 Å². The maximum atomic E-state index is 11.6. The largest absolute Gasteiger partial charge is 0.338 e. The third kappa shape index (κ3) is 4.75. The molecule has 18 heavy (non-hydrogen) atoms. The summed E-state index contributed by atoms with van der Waals surface area (Å²) in [6.07, 6.45) is 2.03. The molecule has 1 aromatic rings. The van der Waals surface area contributed by atoms with Crippen molar-refractivity contribution in [3.63, 3.8) is 0 Å². The minimum Gasteiger partial charge on any atom is -0.338 e. The molecule has 0 fully saturated rings. The van der Waals surface area contributed by atoms with E-state index in [0.717, 1.165) is 18.4 Å². The summed E-state index contributed by atoms with van der Waals surface area (Å²) in [6.45, 7) is 4.65. The Morgan fingerprint density at radius 2 is 2.11 bits per heavy atom. The molecular formula is C13H18Cl2N2O. The van der Waals surface area contributed by atoms with Crippen molar-refractivity contribution in [1.82, 2.24) is 10.6 Å². The number of carbonyl (C=O) groups is 1. The average Bonchev–Trinajstić information content (AvgIpc) is 2.28. The summed E-state index contributed by atoms with van der Waals surface area (Å²) in [6, 6.07) is 4.92. The van der Waals surface area contributed by atoms with Crippen molar-refractivity contribution >= 4 is 29.2 Å². The van der Waals surface area contributed by atoms with Crippen LogP contribution in [0.25, 0.3) is 0 Å². The van der Waals surface area contributed by atoms with Crippen molar-refractivity contribution in [3.8, 4) is 0 Å². The number of hydrogen-bond acceptors (Lipinski definition) is 1. The summed E-state index contributed by atoms with van der Waals surface area (Å²) in [5.74, 6) is 0. The highest BCUT2D eigenvalue weighted by Gasteiger charge is 2.12. The molecule has 0 bridgehead atoms. The first kappa shape index (κ1) is 15.1. The number of urea groups is 1. The van der Waals surface area contributed by atoms with Crippen LogP contribution < -0.4 is 10.6 Å². The zero-order valence-electron chi connectivity index (χ0n) is 10.6. The standard InChI is InChI=1S/C13H18Cl2N2O/c1-3-4-7-16-13(18)17-9(2)11-6-5-10(14)8-12(11)15/h5-6,8-9H,3-4,7H2,1-2H3,(H2,16,17,18). The maximum Gasteiger partial charge on any atom is 0.315 e. The summed E-state index contributed by atoms with van der Waals surface area (Å²) in [5, 5.41) is 6.78. The number of halogens is 2. The van der Waals surface area contributed by atoms with Gasteiger partial charge in [-0.25, -0.2) is 4.79 Å². The van der Waals surface area contributed by atoms with Gasteiger partial charge in [-0.3, -0.25) is 0 Å². The summed E-state index contributed by atoms with van der Waals surface area (Å²) in [5.41, 5.74) is 0.853. The van der Waals surface area contributed by atoms with E-state index in [1.807, 2.05) is 13.0 Å². The van der Waals surface area contributed by atoms with Gasteiger partial charge in [-0.1, -0.05) is 42.6 Å². The van der Waals surface area contributed by atoms with Gasteiger partial charge in [0.25, 0.3) is 0 Å². The van der Waals surface area contributed by atoms with Crippen LogP contribution >= 0.6 is 23.2 Å². The zero-order valence-corrected chi connectivity index (χ0v) is 12.1. The van der Waals surface area contributed by atoms with Gasteiger partial charge in [0.2, 0.25) is 0 Å². The maximum absolute atomic E-state index is 11.6. The van der Waals surface area contributed by atoms with Crippen LogP contribution in [0, 0.1) is 0 Å². The van der Waals surface area contributed by atoms with E-state index in [1.165, 1.54) is 0 Å². The molecule has 0 aliphatic carbocycles. The molecule has 5 heteroatoms. The summed E-state index contributed by atoms with van der Waals surface area (Å²) in [4.78, 5) is 11.6. The van der Waals surface area contributed by atoms with Crippen LogP contribution in [0.2, 0.25) is 10.0 Å². The number of unbranched alkanes of at least 4 members (excludes halogenated alkanes) is 1. The molecule has 2 N–H and O–H groups in total. The second-order valence-electron chi connectivity index (χ2n) is 4.14. The van der Waals surface area contributed by atoms with Crippen LogP contribution in [-0.2, 0) is 0 Å². The minimum absolute atomic E-state index is 0.156. The fourth-order valence-corrected chi connectivity index (χ4v) is 2.13. The Balaban J connectivity index is 2.54. The Morgan fingerprint density at radius 3 is 2.72 bits per heavy atom. The third-order valence-corrected chi connectivity index (χ3v) is 3.15. The van der Waals surface area contributed by atoms with Gasteiger partial charge in [0.1, 0.15) is 0 Å². The number of rotatable bonds is 5. The number of hydrogen-bond donors (Lipinski definition) is 2. The highest BCUT2D eigenvalue weighted by Crippen LogP contribution is 2.25. The second kappa shape index (κ2) is 7.49. The van der Waals surface area contributed by atoms with Crippen LogP contribution in [0.5, 0.6) is 0 Å². The second-order valence-corrected chi connectivity index (χ2v) is 4.98. The molecule has 0 saturated heterocycles. The molecule has 3 nitrogen and oxygen atoms in total. The lowest BCUT2D eigenvalue weighted by molar-refractivity contribution is 0.238. The fraction of sp³-hybridized carbons (Fsp3) is 0.462. The lowest BCUT2D eigenvalue weighted by atomic mass is 10.1. The molecule has 1 unspecified atom stereocenters. The highest BCUT2D eigenvalue weighted by atomic mass is 35.5. The van der Waals surface area contributed by atoms with E-state index in [4.69, 9.17) is 23.2 Å². The first-order chi connectivity index (χ1) is 8.54. The Morgan fingerprint density at radius 1 is 1.39 bits per heavy atom. The fourth-order valence-electron chi connectivity index (χ4n) is 1.56. The van der Waals surface area contributed by atoms with Crippen LogP contribution in [0.4, 0.5) is 4.79 Å². The smallest absolute Gasteiger partial charge is 0.315 e. The van der Waals surface area contributed by atoms with Crippen molar-refractivity contribution in [2.45, 2.75) is 32.7 Å². The van der Waals surface area contributed by atoms with Gasteiger partial charge >= 0.3 is 6.03 Å². The number of benzene rings is 1. The molecule has 0 spiro atoms. The van der Waals surface area contributed by atoms with E-state index in [9.17, 15) is 4.79 Å². The van der Waals surface area contributed by atoms with E-state index in [2.05, 4.69) is 17.6 Å². The van der Waals surface area contributed by atoms with E-state index in [1.54, 1.807) is 12.1 Å². The van der Waals surface area contributed by atoms with Crippen molar-refractivity contribution < 1.29 is 4.79 Å². The van der Waals surface area contributed by atoms with Crippen LogP contribution in [-0.4, -0.2) is 12.6 Å². The summed E-state index contributed by atoms with van der Waals surface area (Å²) >= 11 is 11.9. The molecule has 0 aliphatic heterocycles. The molecule has 0 aromatic heterocycles. The van der Waals surface area contributed by atoms with E-state index < -0.39 is 0 Å². The Bertz CT molecular complexity index is 410. The van der Waals surface area contributed by atoms with Crippen molar-refractivity contribution in [1.29, 1.82) is 0 Å². The first-order valence-corrected chi connectivity index (χ1v) is 6.79. The lowest BCUT2D eigenvalue weighted by Crippen LogP contribution is -2.37. The molecule has 0 radical (unpaired) electrons. The topological polar surface area (TPSA) is 41.1 Å². The van der Waals surface area contributed by atoms with Crippen molar-refractivity contribution in [2.24, 2.45) is 0 Å². The SMILES string of the molecule is CCCCNC(=O)NC(C)c1ccc(Cl)cc1Cl. The van der Waals surface area contributed by atoms with Crippen LogP contribution in [0.1, 0.15) is 38.3 Å². The molecule has 1 aromatic carbocycles. The predicted octanol–water partition coefficient (Wildman–Crippen LogP) is 4.15. The van der Waals surface area contributed by atoms with Crippen molar-refractivity contribution in [3.05, 3.63) is 33.8 Å². The van der Waals surface area contributed by atoms with Gasteiger partial charge in [0.15, 0.2) is 0 Å². The molecule has 0 saturated carbocycles. The Hall–Kier alpha value is -0.930. The molecule has 0 heterocycles. The number of amides is 2. The van der Waals surface area contributed by atoms with Gasteiger partial charge in [0.05, 0.1) is 6.04 Å². The lowest BCUT2D eigenvalue weighted by Gasteiger charge is -2.16. The quantitative estimate of drug-likeness (QED) is 0.785. The van der Waals surface area contributed by atoms with Gasteiger partial charge in [-0.05, 0) is 31.0 Å². The molecule has 100 valence electrons. The van der Waals surface area contributed by atoms with E-state index in [-0.39, 0.29) is 12.1 Å². The van der Waals surface area contributed by atoms with Crippen LogP contribution in [0.3, 0.4) is 0 Å². The summed E-state index contributed by atoms with van der Waals surface area (Å²) < 4.78 is 0. The molecular weight excluding hydrogens is 271 g/mol. The van der Waals surface area contributed by atoms with E-state index in [0.29, 0.717) is 16.6 Å². The third-order valence-electron chi connectivity index (χ3n) is 2.59. The predicted molar refractivity (Wildman–Crippen MR) is 76.3 cm³/mol. The first-order valence-electron chi connectivity index (χ1n) is 6.04. The Kier molecular flexibility index (Phi) is 6.30. The van der Waals surface area contributed by atoms with Crippen LogP contribution in [0.15, 0.2) is 18.2 Å². The number of nitrogens with one attached hydrogen (secondary N) is 2. The van der Waals surface area contributed by atoms with Gasteiger partial charge in [0, 0.05) is 16.6 Å². The molecule has 1 rings (SSSR count). The Labute approximate surface area is 118 Å². The van der Waals surface area contributed by atoms with Gasteiger partial charge in [-0.2, -0.15) is 0 Å². The highest BCUT2D eigenvalue weighted by molar-refractivity contribution is 6.35. The molecule has 2 amide bonds. The van der Waals surface area contributed by atoms with Gasteiger partial charge in [-0.15, -0.1) is 0 Å². The monoisotopic (exact) mass is 288 g/mol. The summed E-state index contributed by atoms with van der Waals surface area (Å²) in [7, 11) is 0. The normalized spacial score (nSPS) is 12.0. The molecule has 1 atom stereocenters. The van der Waals surface area contributed by atoms with E-state index >= 15 is 0 Å². The number of carbonyl (C=O) groups excluding carboxylic acids is 1.